The van der Waals surface area contributed by atoms with Crippen molar-refractivity contribution in [1.82, 2.24) is 4.31 Å². The van der Waals surface area contributed by atoms with Gasteiger partial charge >= 0.3 is 0 Å². The lowest BCUT2D eigenvalue weighted by molar-refractivity contribution is -0.384. The molecule has 0 saturated carbocycles. The van der Waals surface area contributed by atoms with E-state index in [9.17, 15) is 18.5 Å². The Balaban J connectivity index is 1.90. The van der Waals surface area contributed by atoms with Crippen molar-refractivity contribution in [3.8, 4) is 11.5 Å². The molecule has 0 atom stereocenters. The molecule has 1 aliphatic rings. The third-order valence-corrected chi connectivity index (χ3v) is 7.27. The van der Waals surface area contributed by atoms with Crippen LogP contribution in [0.1, 0.15) is 24.8 Å². The summed E-state index contributed by atoms with van der Waals surface area (Å²) in [6.45, 7) is 1.24. The van der Waals surface area contributed by atoms with Crippen LogP contribution in [0.5, 0.6) is 11.5 Å². The molecule has 0 radical (unpaired) electrons. The summed E-state index contributed by atoms with van der Waals surface area (Å²) >= 11 is 0. The van der Waals surface area contributed by atoms with Crippen molar-refractivity contribution >= 4 is 21.4 Å². The first-order valence-electron chi connectivity index (χ1n) is 9.98. The number of rotatable bonds is 8. The van der Waals surface area contributed by atoms with Crippen molar-refractivity contribution < 1.29 is 22.8 Å². The second kappa shape index (κ2) is 9.52. The first-order valence-corrected chi connectivity index (χ1v) is 11.4. The molecule has 2 aromatic carbocycles. The summed E-state index contributed by atoms with van der Waals surface area (Å²) in [5, 5.41) is 11.8. The fraction of sp³-hybridized carbons (Fsp3) is 0.429. The monoisotopic (exact) mass is 449 g/mol. The van der Waals surface area contributed by atoms with Gasteiger partial charge in [-0.1, -0.05) is 12.5 Å². The molecule has 0 aromatic heterocycles. The minimum atomic E-state index is -3.76. The number of anilines is 1. The number of hydrogen-bond donors (Lipinski definition) is 0. The van der Waals surface area contributed by atoms with E-state index in [0.29, 0.717) is 36.8 Å². The minimum Gasteiger partial charge on any atom is -0.493 e. The van der Waals surface area contributed by atoms with Crippen LogP contribution in [0.4, 0.5) is 11.4 Å². The van der Waals surface area contributed by atoms with Gasteiger partial charge in [0.2, 0.25) is 10.0 Å². The molecule has 0 aliphatic carbocycles. The predicted molar refractivity (Wildman–Crippen MR) is 117 cm³/mol. The molecular weight excluding hydrogens is 422 g/mol. The maximum absolute atomic E-state index is 12.9. The molecule has 0 N–H and O–H groups in total. The number of hydrogen-bond acceptors (Lipinski definition) is 7. The van der Waals surface area contributed by atoms with Crippen LogP contribution >= 0.6 is 0 Å². The zero-order valence-corrected chi connectivity index (χ0v) is 18.7. The van der Waals surface area contributed by atoms with E-state index >= 15 is 0 Å². The molecule has 0 amide bonds. The summed E-state index contributed by atoms with van der Waals surface area (Å²) in [5.41, 5.74) is 0.943. The minimum absolute atomic E-state index is 0.0515. The highest BCUT2D eigenvalue weighted by atomic mass is 32.2. The van der Waals surface area contributed by atoms with Crippen LogP contribution in [-0.4, -0.2) is 52.0 Å². The van der Waals surface area contributed by atoms with E-state index in [1.54, 1.807) is 31.2 Å². The van der Waals surface area contributed by atoms with E-state index in [1.807, 2.05) is 6.07 Å². The van der Waals surface area contributed by atoms with Gasteiger partial charge < -0.3 is 14.4 Å². The van der Waals surface area contributed by atoms with E-state index in [4.69, 9.17) is 9.47 Å². The third-order valence-electron chi connectivity index (χ3n) is 5.38. The van der Waals surface area contributed by atoms with Gasteiger partial charge in [-0.2, -0.15) is 4.31 Å². The highest BCUT2D eigenvalue weighted by Crippen LogP contribution is 2.34. The Labute approximate surface area is 182 Å². The van der Waals surface area contributed by atoms with Gasteiger partial charge in [-0.25, -0.2) is 8.42 Å². The van der Waals surface area contributed by atoms with E-state index in [2.05, 4.69) is 0 Å². The summed E-state index contributed by atoms with van der Waals surface area (Å²) in [5.74, 6) is 1.15. The number of benzene rings is 2. The lowest BCUT2D eigenvalue weighted by atomic mass is 10.1. The average molecular weight is 450 g/mol. The van der Waals surface area contributed by atoms with Crippen molar-refractivity contribution in [2.45, 2.75) is 30.7 Å². The Morgan fingerprint density at radius 2 is 1.71 bits per heavy atom. The van der Waals surface area contributed by atoms with Gasteiger partial charge in [0.15, 0.2) is 11.5 Å². The maximum Gasteiger partial charge on any atom is 0.293 e. The Kier molecular flexibility index (Phi) is 7.01. The van der Waals surface area contributed by atoms with Crippen LogP contribution in [0.25, 0.3) is 0 Å². The van der Waals surface area contributed by atoms with E-state index < -0.39 is 14.9 Å². The Morgan fingerprint density at radius 3 is 2.32 bits per heavy atom. The number of ether oxygens (including phenoxy) is 2. The molecule has 10 heteroatoms. The molecule has 2 aromatic rings. The second-order valence-electron chi connectivity index (χ2n) is 7.42. The van der Waals surface area contributed by atoms with Crippen molar-refractivity contribution in [2.75, 3.05) is 39.3 Å². The number of piperidine rings is 1. The van der Waals surface area contributed by atoms with Crippen LogP contribution in [0.2, 0.25) is 0 Å². The molecule has 1 heterocycles. The maximum atomic E-state index is 12.9. The topological polar surface area (TPSA) is 102 Å². The molecule has 31 heavy (non-hydrogen) atoms. The van der Waals surface area contributed by atoms with Crippen molar-refractivity contribution in [3.63, 3.8) is 0 Å². The van der Waals surface area contributed by atoms with Crippen LogP contribution in [0.15, 0.2) is 41.3 Å². The van der Waals surface area contributed by atoms with Crippen molar-refractivity contribution in [3.05, 3.63) is 52.1 Å². The van der Waals surface area contributed by atoms with Gasteiger partial charge in [-0.15, -0.1) is 0 Å². The van der Waals surface area contributed by atoms with Crippen LogP contribution in [0, 0.1) is 10.1 Å². The molecule has 0 unspecified atom stereocenters. The van der Waals surface area contributed by atoms with Gasteiger partial charge in [-0.3, -0.25) is 10.1 Å². The van der Waals surface area contributed by atoms with Crippen molar-refractivity contribution in [2.24, 2.45) is 0 Å². The molecule has 1 aliphatic heterocycles. The first kappa shape index (κ1) is 22.8. The van der Waals surface area contributed by atoms with Gasteiger partial charge in [0, 0.05) is 32.7 Å². The van der Waals surface area contributed by atoms with Crippen LogP contribution < -0.4 is 14.4 Å². The quantitative estimate of drug-likeness (QED) is 0.449. The Hall–Kier alpha value is -2.85. The smallest absolute Gasteiger partial charge is 0.293 e. The lowest BCUT2D eigenvalue weighted by Crippen LogP contribution is -2.35. The molecule has 3 rings (SSSR count). The molecule has 1 fully saturated rings. The van der Waals surface area contributed by atoms with Gasteiger partial charge in [-0.05, 0) is 42.7 Å². The van der Waals surface area contributed by atoms with Gasteiger partial charge in [0.05, 0.1) is 24.0 Å². The predicted octanol–water partition coefficient (Wildman–Crippen LogP) is 3.42. The number of methoxy groups -OCH3 is 2. The fourth-order valence-corrected chi connectivity index (χ4v) is 5.26. The van der Waals surface area contributed by atoms with Crippen LogP contribution in [-0.2, 0) is 16.6 Å². The largest absolute Gasteiger partial charge is 0.493 e. The summed E-state index contributed by atoms with van der Waals surface area (Å²) < 4.78 is 37.8. The molecule has 0 spiro atoms. The summed E-state index contributed by atoms with van der Waals surface area (Å²) in [6.07, 6.45) is 2.59. The number of nitro groups is 1. The second-order valence-corrected chi connectivity index (χ2v) is 9.36. The van der Waals surface area contributed by atoms with Crippen molar-refractivity contribution in [1.29, 1.82) is 0 Å². The molecule has 1 saturated heterocycles. The van der Waals surface area contributed by atoms with Crippen LogP contribution in [0.3, 0.4) is 0 Å². The zero-order valence-electron chi connectivity index (χ0n) is 17.9. The van der Waals surface area contributed by atoms with E-state index in [1.165, 1.54) is 23.5 Å². The summed E-state index contributed by atoms with van der Waals surface area (Å²) in [7, 11) is 1.05. The molecule has 9 nitrogen and oxygen atoms in total. The highest BCUT2D eigenvalue weighted by molar-refractivity contribution is 7.89. The number of sulfonamides is 1. The Morgan fingerprint density at radius 1 is 1.03 bits per heavy atom. The first-order chi connectivity index (χ1) is 14.8. The molecular formula is C21H27N3O6S. The summed E-state index contributed by atoms with van der Waals surface area (Å²) in [6, 6.07) is 9.51. The molecule has 0 bridgehead atoms. The van der Waals surface area contributed by atoms with Gasteiger partial charge in [0.1, 0.15) is 5.69 Å². The van der Waals surface area contributed by atoms with E-state index in [-0.39, 0.29) is 10.6 Å². The number of nitro benzene ring substituents is 1. The fourth-order valence-electron chi connectivity index (χ4n) is 3.73. The standard InChI is InChI=1S/C21H27N3O6S/c1-22(15-16-7-10-20(29-2)21(13-16)30-3)18-9-8-17(14-19(18)24(25)26)31(27,28)23-11-5-4-6-12-23/h7-10,13-14H,4-6,11-12,15H2,1-3H3. The summed E-state index contributed by atoms with van der Waals surface area (Å²) in [4.78, 5) is 12.9. The SMILES string of the molecule is COc1ccc(CN(C)c2ccc(S(=O)(=O)N3CCCCC3)cc2[N+](=O)[O-])cc1OC. The van der Waals surface area contributed by atoms with Gasteiger partial charge in [0.25, 0.3) is 5.69 Å². The Bertz CT molecular complexity index is 1050. The van der Waals surface area contributed by atoms with E-state index in [0.717, 1.165) is 30.9 Å². The lowest BCUT2D eigenvalue weighted by Gasteiger charge is -2.26. The zero-order chi connectivity index (χ0) is 22.6. The number of nitrogens with zero attached hydrogens (tertiary/aromatic N) is 3. The molecule has 168 valence electrons. The third kappa shape index (κ3) is 4.91. The average Bonchev–Trinajstić information content (AvgIpc) is 2.79. The highest BCUT2D eigenvalue weighted by Gasteiger charge is 2.29. The normalized spacial score (nSPS) is 14.8.